The lowest BCUT2D eigenvalue weighted by atomic mass is 10.1. The summed E-state index contributed by atoms with van der Waals surface area (Å²) in [6.45, 7) is 3.45. The Kier molecular flexibility index (Phi) is 4.46. The third kappa shape index (κ3) is 2.95. The number of aliphatic hydroxyl groups excluding tert-OH is 1. The monoisotopic (exact) mass is 343 g/mol. The van der Waals surface area contributed by atoms with Crippen molar-refractivity contribution in [2.24, 2.45) is 0 Å². The summed E-state index contributed by atoms with van der Waals surface area (Å²) < 4.78 is 1.45. The fourth-order valence-corrected chi connectivity index (χ4v) is 3.18. The topological polar surface area (TPSA) is 83.7 Å². The van der Waals surface area contributed by atoms with Gasteiger partial charge in [0.2, 0.25) is 0 Å². The number of nitrogens with one attached hydrogen (secondary N) is 1. The van der Waals surface area contributed by atoms with Crippen LogP contribution < -0.4 is 10.9 Å². The molecule has 2 N–H and O–H groups in total. The van der Waals surface area contributed by atoms with Gasteiger partial charge in [0.15, 0.2) is 4.96 Å². The van der Waals surface area contributed by atoms with E-state index >= 15 is 0 Å². The number of hydrogen-bond acceptors (Lipinski definition) is 5. The molecule has 24 heavy (non-hydrogen) atoms. The molecule has 2 aromatic heterocycles. The summed E-state index contributed by atoms with van der Waals surface area (Å²) in [6, 6.07) is 7.37. The van der Waals surface area contributed by atoms with E-state index in [9.17, 15) is 9.59 Å². The smallest absolute Gasteiger partial charge is 0.271 e. The zero-order chi connectivity index (χ0) is 17.3. The van der Waals surface area contributed by atoms with Gasteiger partial charge < -0.3 is 10.4 Å². The van der Waals surface area contributed by atoms with Crippen LogP contribution in [0.4, 0.5) is 0 Å². The van der Waals surface area contributed by atoms with E-state index in [1.165, 1.54) is 21.9 Å². The Morgan fingerprint density at radius 1 is 1.38 bits per heavy atom. The molecule has 1 atom stereocenters. The minimum absolute atomic E-state index is 0.0421. The number of aliphatic hydroxyl groups is 1. The lowest BCUT2D eigenvalue weighted by Gasteiger charge is -2.10. The van der Waals surface area contributed by atoms with E-state index in [1.54, 1.807) is 6.92 Å². The molecule has 0 spiro atoms. The Morgan fingerprint density at radius 2 is 2.08 bits per heavy atom. The van der Waals surface area contributed by atoms with Gasteiger partial charge in [0.05, 0.1) is 12.3 Å². The Labute approximate surface area is 142 Å². The van der Waals surface area contributed by atoms with Gasteiger partial charge in [0.25, 0.3) is 11.5 Å². The van der Waals surface area contributed by atoms with Crippen LogP contribution in [-0.2, 0) is 0 Å². The maximum Gasteiger partial charge on any atom is 0.271 e. The molecule has 0 saturated carbocycles. The summed E-state index contributed by atoms with van der Waals surface area (Å²) >= 11 is 1.35. The number of rotatable bonds is 4. The quantitative estimate of drug-likeness (QED) is 0.757. The molecule has 1 unspecified atom stereocenters. The van der Waals surface area contributed by atoms with Gasteiger partial charge in [-0.2, -0.15) is 0 Å². The molecule has 0 aliphatic carbocycles. The second-order valence-corrected chi connectivity index (χ2v) is 6.48. The molecule has 3 rings (SSSR count). The third-order valence-corrected chi connectivity index (χ3v) is 4.53. The van der Waals surface area contributed by atoms with Crippen molar-refractivity contribution in [3.05, 3.63) is 57.3 Å². The first-order valence-corrected chi connectivity index (χ1v) is 8.37. The lowest BCUT2D eigenvalue weighted by Crippen LogP contribution is -2.38. The average Bonchev–Trinajstić information content (AvgIpc) is 3.00. The maximum atomic E-state index is 12.8. The summed E-state index contributed by atoms with van der Waals surface area (Å²) in [4.78, 5) is 29.7. The van der Waals surface area contributed by atoms with Crippen LogP contribution in [0.25, 0.3) is 16.2 Å². The van der Waals surface area contributed by atoms with E-state index in [-0.39, 0.29) is 12.2 Å². The first-order valence-electron chi connectivity index (χ1n) is 7.49. The minimum Gasteiger partial charge on any atom is -0.394 e. The molecule has 1 amide bonds. The normalized spacial score (nSPS) is 12.3. The summed E-state index contributed by atoms with van der Waals surface area (Å²) in [5.41, 5.74) is 2.26. The Morgan fingerprint density at radius 3 is 2.75 bits per heavy atom. The number of aryl methyl sites for hydroxylation is 1. The molecule has 0 fully saturated rings. The number of carbonyl (C=O) groups is 1. The van der Waals surface area contributed by atoms with Gasteiger partial charge in [0.1, 0.15) is 5.56 Å². The zero-order valence-electron chi connectivity index (χ0n) is 13.3. The van der Waals surface area contributed by atoms with Crippen LogP contribution in [0, 0.1) is 6.92 Å². The summed E-state index contributed by atoms with van der Waals surface area (Å²) in [7, 11) is 0. The number of nitrogens with zero attached hydrogens (tertiary/aromatic N) is 2. The molecule has 0 radical (unpaired) electrons. The highest BCUT2D eigenvalue weighted by atomic mass is 32.1. The van der Waals surface area contributed by atoms with E-state index in [0.29, 0.717) is 10.7 Å². The molecule has 2 heterocycles. The van der Waals surface area contributed by atoms with Crippen molar-refractivity contribution in [2.75, 3.05) is 6.61 Å². The number of aromatic nitrogens is 2. The number of fused-ring (bicyclic) bond motifs is 1. The predicted molar refractivity (Wildman–Crippen MR) is 93.5 cm³/mol. The molecule has 0 bridgehead atoms. The van der Waals surface area contributed by atoms with Gasteiger partial charge in [-0.25, -0.2) is 4.98 Å². The first-order chi connectivity index (χ1) is 11.5. The van der Waals surface area contributed by atoms with Crippen molar-refractivity contribution in [2.45, 2.75) is 19.9 Å². The lowest BCUT2D eigenvalue weighted by molar-refractivity contribution is 0.0920. The number of hydrogen-bond donors (Lipinski definition) is 2. The molecule has 0 aliphatic rings. The van der Waals surface area contributed by atoms with E-state index in [4.69, 9.17) is 5.11 Å². The van der Waals surface area contributed by atoms with Crippen molar-refractivity contribution in [1.29, 1.82) is 0 Å². The molecule has 0 aliphatic heterocycles. The molecule has 3 aromatic rings. The van der Waals surface area contributed by atoms with E-state index in [0.717, 1.165) is 11.1 Å². The number of benzene rings is 1. The fraction of sp³-hybridized carbons (Fsp3) is 0.235. The van der Waals surface area contributed by atoms with Crippen molar-refractivity contribution in [3.63, 3.8) is 0 Å². The van der Waals surface area contributed by atoms with Crippen molar-refractivity contribution in [1.82, 2.24) is 14.7 Å². The van der Waals surface area contributed by atoms with Gasteiger partial charge in [-0.05, 0) is 19.4 Å². The molecule has 0 saturated heterocycles. The van der Waals surface area contributed by atoms with Crippen LogP contribution >= 0.6 is 11.3 Å². The van der Waals surface area contributed by atoms with Crippen molar-refractivity contribution >= 4 is 22.2 Å². The van der Waals surface area contributed by atoms with E-state index in [2.05, 4.69) is 10.3 Å². The molecular weight excluding hydrogens is 326 g/mol. The highest BCUT2D eigenvalue weighted by Gasteiger charge is 2.18. The first kappa shape index (κ1) is 16.4. The minimum atomic E-state index is -0.537. The number of thiazole rings is 1. The summed E-state index contributed by atoms with van der Waals surface area (Å²) in [5, 5.41) is 13.5. The molecule has 124 valence electrons. The summed E-state index contributed by atoms with van der Waals surface area (Å²) in [5.74, 6) is -0.537. The largest absolute Gasteiger partial charge is 0.394 e. The van der Waals surface area contributed by atoms with E-state index in [1.807, 2.05) is 36.6 Å². The van der Waals surface area contributed by atoms with Gasteiger partial charge in [-0.15, -0.1) is 11.3 Å². The third-order valence-electron chi connectivity index (χ3n) is 3.69. The second-order valence-electron chi connectivity index (χ2n) is 5.64. The highest BCUT2D eigenvalue weighted by molar-refractivity contribution is 7.15. The van der Waals surface area contributed by atoms with Crippen LogP contribution in [0.1, 0.15) is 22.8 Å². The Balaban J connectivity index is 2.11. The predicted octanol–water partition coefficient (Wildman–Crippen LogP) is 1.84. The Bertz CT molecular complexity index is 944. The van der Waals surface area contributed by atoms with Crippen LogP contribution in [-0.4, -0.2) is 33.0 Å². The van der Waals surface area contributed by atoms with Crippen molar-refractivity contribution < 1.29 is 9.90 Å². The van der Waals surface area contributed by atoms with Crippen LogP contribution in [0.2, 0.25) is 0 Å². The average molecular weight is 343 g/mol. The molecular formula is C17H17N3O3S. The van der Waals surface area contributed by atoms with Gasteiger partial charge >= 0.3 is 0 Å². The summed E-state index contributed by atoms with van der Waals surface area (Å²) in [6.07, 6.45) is 1.28. The van der Waals surface area contributed by atoms with Gasteiger partial charge in [0, 0.05) is 17.6 Å². The molecule has 7 heteroatoms. The Hall–Kier alpha value is -2.51. The fourth-order valence-electron chi connectivity index (χ4n) is 2.32. The maximum absolute atomic E-state index is 12.8. The number of amides is 1. The number of carbonyl (C=O) groups excluding carboxylic acids is 1. The van der Waals surface area contributed by atoms with Gasteiger partial charge in [-0.1, -0.05) is 29.8 Å². The highest BCUT2D eigenvalue weighted by Crippen LogP contribution is 2.24. The molecule has 6 nitrogen and oxygen atoms in total. The van der Waals surface area contributed by atoms with Gasteiger partial charge in [-0.3, -0.25) is 14.0 Å². The van der Waals surface area contributed by atoms with Crippen LogP contribution in [0.5, 0.6) is 0 Å². The zero-order valence-corrected chi connectivity index (χ0v) is 14.1. The molecule has 1 aromatic carbocycles. The second kappa shape index (κ2) is 6.54. The van der Waals surface area contributed by atoms with Crippen molar-refractivity contribution in [3.8, 4) is 11.3 Å². The standard InChI is InChI=1S/C17H17N3O3S/c1-10-3-5-12(6-4-10)14-9-24-17-18-7-13(16(23)20(14)17)15(22)19-11(2)8-21/h3-7,9,11,21H,8H2,1-2H3,(H,19,22). The van der Waals surface area contributed by atoms with E-state index < -0.39 is 17.5 Å². The van der Waals surface area contributed by atoms with Crippen LogP contribution in [0.15, 0.2) is 40.6 Å². The SMILES string of the molecule is Cc1ccc(-c2csc3ncc(C(=O)NC(C)CO)c(=O)n23)cc1. The van der Waals surface area contributed by atoms with Crippen LogP contribution in [0.3, 0.4) is 0 Å².